The molecule has 2 aromatic rings. The highest BCUT2D eigenvalue weighted by molar-refractivity contribution is 7.18. The van der Waals surface area contributed by atoms with Crippen molar-refractivity contribution in [3.63, 3.8) is 0 Å². The summed E-state index contributed by atoms with van der Waals surface area (Å²) in [6, 6.07) is 2.51. The Morgan fingerprint density at radius 2 is 2.24 bits per heavy atom. The maximum Gasteiger partial charge on any atom is 0.225 e. The molecule has 0 saturated carbocycles. The summed E-state index contributed by atoms with van der Waals surface area (Å²) in [5, 5.41) is 4.79. The first-order chi connectivity index (χ1) is 8.10. The smallest absolute Gasteiger partial charge is 0.225 e. The standard InChI is InChI=1S/C12H16ClN3S/c1-4-5-7(2)14-10-9-6-8(3)17-11(9)16-12(13)15-10/h6-7H,4-5H2,1-3H3,(H,14,15,16). The number of rotatable bonds is 4. The molecule has 5 heteroatoms. The summed E-state index contributed by atoms with van der Waals surface area (Å²) < 4.78 is 0. The van der Waals surface area contributed by atoms with Gasteiger partial charge in [-0.25, -0.2) is 9.97 Å². The van der Waals surface area contributed by atoms with Gasteiger partial charge < -0.3 is 5.32 Å². The number of fused-ring (bicyclic) bond motifs is 1. The van der Waals surface area contributed by atoms with Crippen molar-refractivity contribution in [3.8, 4) is 0 Å². The molecule has 3 nitrogen and oxygen atoms in total. The van der Waals surface area contributed by atoms with Crippen LogP contribution in [0.5, 0.6) is 0 Å². The molecule has 2 aromatic heterocycles. The van der Waals surface area contributed by atoms with E-state index >= 15 is 0 Å². The first-order valence-corrected chi connectivity index (χ1v) is 6.99. The lowest BCUT2D eigenvalue weighted by Gasteiger charge is -2.13. The van der Waals surface area contributed by atoms with E-state index in [9.17, 15) is 0 Å². The molecule has 1 N–H and O–H groups in total. The van der Waals surface area contributed by atoms with Crippen LogP contribution in [-0.2, 0) is 0 Å². The number of nitrogens with one attached hydrogen (secondary N) is 1. The Kier molecular flexibility index (Phi) is 3.84. The van der Waals surface area contributed by atoms with Gasteiger partial charge >= 0.3 is 0 Å². The van der Waals surface area contributed by atoms with Crippen molar-refractivity contribution in [1.82, 2.24) is 9.97 Å². The maximum atomic E-state index is 5.94. The highest BCUT2D eigenvalue weighted by atomic mass is 35.5. The zero-order valence-electron chi connectivity index (χ0n) is 10.2. The molecule has 0 aromatic carbocycles. The van der Waals surface area contributed by atoms with Gasteiger partial charge in [0, 0.05) is 10.9 Å². The van der Waals surface area contributed by atoms with E-state index in [2.05, 4.69) is 42.1 Å². The van der Waals surface area contributed by atoms with Crippen LogP contribution in [0.3, 0.4) is 0 Å². The minimum absolute atomic E-state index is 0.311. The van der Waals surface area contributed by atoms with E-state index in [1.807, 2.05) is 0 Å². The third-order valence-electron chi connectivity index (χ3n) is 2.59. The van der Waals surface area contributed by atoms with E-state index in [1.165, 1.54) is 4.88 Å². The number of hydrogen-bond acceptors (Lipinski definition) is 4. The van der Waals surface area contributed by atoms with Gasteiger partial charge in [-0.15, -0.1) is 11.3 Å². The molecule has 0 saturated heterocycles. The molecule has 0 spiro atoms. The topological polar surface area (TPSA) is 37.8 Å². The van der Waals surface area contributed by atoms with Crippen LogP contribution in [0.2, 0.25) is 5.28 Å². The quantitative estimate of drug-likeness (QED) is 0.843. The van der Waals surface area contributed by atoms with Crippen molar-refractivity contribution in [3.05, 3.63) is 16.2 Å². The average Bonchev–Trinajstić information content (AvgIpc) is 2.58. The van der Waals surface area contributed by atoms with E-state index in [4.69, 9.17) is 11.6 Å². The normalized spacial score (nSPS) is 12.9. The third-order valence-corrected chi connectivity index (χ3v) is 3.71. The summed E-state index contributed by atoms with van der Waals surface area (Å²) in [5.41, 5.74) is 0. The number of hydrogen-bond donors (Lipinski definition) is 1. The molecule has 2 rings (SSSR count). The van der Waals surface area contributed by atoms with Crippen LogP contribution in [0.15, 0.2) is 6.07 Å². The molecule has 0 fully saturated rings. The zero-order valence-corrected chi connectivity index (χ0v) is 11.8. The molecule has 0 bridgehead atoms. The zero-order chi connectivity index (χ0) is 12.4. The molecule has 92 valence electrons. The lowest BCUT2D eigenvalue weighted by molar-refractivity contribution is 0.688. The van der Waals surface area contributed by atoms with Gasteiger partial charge in [0.15, 0.2) is 0 Å². The highest BCUT2D eigenvalue weighted by Crippen LogP contribution is 2.30. The maximum absolute atomic E-state index is 5.94. The minimum Gasteiger partial charge on any atom is -0.367 e. The van der Waals surface area contributed by atoms with Gasteiger partial charge in [-0.1, -0.05) is 13.3 Å². The Bertz CT molecular complexity index is 524. The van der Waals surface area contributed by atoms with Crippen LogP contribution in [-0.4, -0.2) is 16.0 Å². The number of aromatic nitrogens is 2. The number of aryl methyl sites for hydroxylation is 1. The molecule has 0 aliphatic carbocycles. The molecule has 0 aliphatic rings. The van der Waals surface area contributed by atoms with Crippen molar-refractivity contribution in [1.29, 1.82) is 0 Å². The predicted octanol–water partition coefficient (Wildman–Crippen LogP) is 4.25. The SMILES string of the molecule is CCCC(C)Nc1nc(Cl)nc2sc(C)cc12. The summed E-state index contributed by atoms with van der Waals surface area (Å²) in [6.07, 6.45) is 2.27. The lowest BCUT2D eigenvalue weighted by atomic mass is 10.2. The van der Waals surface area contributed by atoms with Gasteiger partial charge in [0.25, 0.3) is 0 Å². The Labute approximate surface area is 110 Å². The number of nitrogens with zero attached hydrogens (tertiary/aromatic N) is 2. The Morgan fingerprint density at radius 3 is 2.94 bits per heavy atom. The van der Waals surface area contributed by atoms with Crippen LogP contribution < -0.4 is 5.32 Å². The first-order valence-electron chi connectivity index (χ1n) is 5.80. The molecule has 17 heavy (non-hydrogen) atoms. The fourth-order valence-corrected chi connectivity index (χ4v) is 2.96. The van der Waals surface area contributed by atoms with Gasteiger partial charge in [0.05, 0.1) is 5.39 Å². The van der Waals surface area contributed by atoms with Gasteiger partial charge in [-0.05, 0) is 37.9 Å². The summed E-state index contributed by atoms with van der Waals surface area (Å²) in [7, 11) is 0. The second-order valence-corrected chi connectivity index (χ2v) is 5.82. The Morgan fingerprint density at radius 1 is 1.47 bits per heavy atom. The van der Waals surface area contributed by atoms with Gasteiger partial charge in [-0.2, -0.15) is 0 Å². The summed E-state index contributed by atoms with van der Waals surface area (Å²) >= 11 is 7.58. The Balaban J connectivity index is 2.37. The number of halogens is 1. The van der Waals surface area contributed by atoms with Gasteiger partial charge in [-0.3, -0.25) is 0 Å². The molecule has 0 amide bonds. The molecular formula is C12H16ClN3S. The van der Waals surface area contributed by atoms with Crippen molar-refractivity contribution in [2.45, 2.75) is 39.7 Å². The minimum atomic E-state index is 0.311. The van der Waals surface area contributed by atoms with E-state index in [1.54, 1.807) is 11.3 Å². The Hall–Kier alpha value is -0.870. The molecule has 1 unspecified atom stereocenters. The number of thiophene rings is 1. The van der Waals surface area contributed by atoms with E-state index in [-0.39, 0.29) is 0 Å². The van der Waals surface area contributed by atoms with E-state index < -0.39 is 0 Å². The van der Waals surface area contributed by atoms with Crippen LogP contribution in [0, 0.1) is 6.92 Å². The predicted molar refractivity (Wildman–Crippen MR) is 75.2 cm³/mol. The number of anilines is 1. The van der Waals surface area contributed by atoms with Crippen LogP contribution in [0.1, 0.15) is 31.6 Å². The van der Waals surface area contributed by atoms with Crippen molar-refractivity contribution >= 4 is 39.0 Å². The van der Waals surface area contributed by atoms with Gasteiger partial charge in [0.1, 0.15) is 10.6 Å². The van der Waals surface area contributed by atoms with E-state index in [0.29, 0.717) is 11.3 Å². The first kappa shape index (κ1) is 12.6. The molecule has 1 atom stereocenters. The van der Waals surface area contributed by atoms with Crippen LogP contribution >= 0.6 is 22.9 Å². The monoisotopic (exact) mass is 269 g/mol. The average molecular weight is 270 g/mol. The molecule has 0 aliphatic heterocycles. The molecular weight excluding hydrogens is 254 g/mol. The fourth-order valence-electron chi connectivity index (χ4n) is 1.86. The van der Waals surface area contributed by atoms with Gasteiger partial charge in [0.2, 0.25) is 5.28 Å². The third kappa shape index (κ3) is 2.87. The highest BCUT2D eigenvalue weighted by Gasteiger charge is 2.11. The summed E-state index contributed by atoms with van der Waals surface area (Å²) in [6.45, 7) is 6.40. The summed E-state index contributed by atoms with van der Waals surface area (Å²) in [4.78, 5) is 10.7. The molecule has 0 radical (unpaired) electrons. The lowest BCUT2D eigenvalue weighted by Crippen LogP contribution is -2.15. The van der Waals surface area contributed by atoms with Crippen molar-refractivity contribution in [2.75, 3.05) is 5.32 Å². The largest absolute Gasteiger partial charge is 0.367 e. The van der Waals surface area contributed by atoms with E-state index in [0.717, 1.165) is 28.9 Å². The summed E-state index contributed by atoms with van der Waals surface area (Å²) in [5.74, 6) is 0.852. The van der Waals surface area contributed by atoms with Crippen molar-refractivity contribution in [2.24, 2.45) is 0 Å². The molecule has 2 heterocycles. The van der Waals surface area contributed by atoms with Crippen molar-refractivity contribution < 1.29 is 0 Å². The fraction of sp³-hybridized carbons (Fsp3) is 0.500. The van der Waals surface area contributed by atoms with Crippen LogP contribution in [0.25, 0.3) is 10.2 Å². The second kappa shape index (κ2) is 5.19. The second-order valence-electron chi connectivity index (χ2n) is 4.25. The van der Waals surface area contributed by atoms with Crippen LogP contribution in [0.4, 0.5) is 5.82 Å².